The van der Waals surface area contributed by atoms with Crippen molar-refractivity contribution in [2.24, 2.45) is 5.92 Å². The Morgan fingerprint density at radius 1 is 1.40 bits per heavy atom. The summed E-state index contributed by atoms with van der Waals surface area (Å²) in [6.07, 6.45) is -3.98. The SMILES string of the molecule is COC1OC(C(=O)[O-])C(OC)C(O)C1C. The second-order valence-electron chi connectivity index (χ2n) is 3.53. The van der Waals surface area contributed by atoms with Gasteiger partial charge in [-0.15, -0.1) is 0 Å². The number of carboxylic acid groups (broad SMARTS) is 1. The summed E-state index contributed by atoms with van der Waals surface area (Å²) in [5.74, 6) is -1.79. The Hall–Kier alpha value is -0.690. The van der Waals surface area contributed by atoms with Crippen LogP contribution in [0.4, 0.5) is 0 Å². The molecular formula is C9H15O6-. The van der Waals surface area contributed by atoms with Crippen molar-refractivity contribution < 1.29 is 29.2 Å². The minimum atomic E-state index is -1.42. The molecule has 0 bridgehead atoms. The van der Waals surface area contributed by atoms with Gasteiger partial charge in [-0.2, -0.15) is 0 Å². The van der Waals surface area contributed by atoms with E-state index in [0.717, 1.165) is 0 Å². The zero-order valence-electron chi connectivity index (χ0n) is 8.88. The van der Waals surface area contributed by atoms with Gasteiger partial charge in [0.25, 0.3) is 0 Å². The fraction of sp³-hybridized carbons (Fsp3) is 0.889. The molecule has 1 heterocycles. The van der Waals surface area contributed by atoms with Crippen molar-refractivity contribution in [3.63, 3.8) is 0 Å². The summed E-state index contributed by atoms with van der Waals surface area (Å²) in [7, 11) is 2.69. The van der Waals surface area contributed by atoms with Crippen LogP contribution >= 0.6 is 0 Å². The van der Waals surface area contributed by atoms with Crippen molar-refractivity contribution in [1.29, 1.82) is 0 Å². The highest BCUT2D eigenvalue weighted by atomic mass is 16.7. The fourth-order valence-electron chi connectivity index (χ4n) is 1.71. The van der Waals surface area contributed by atoms with Crippen LogP contribution in [0.15, 0.2) is 0 Å². The molecule has 0 aromatic heterocycles. The van der Waals surface area contributed by atoms with Gasteiger partial charge in [-0.1, -0.05) is 6.92 Å². The molecule has 0 amide bonds. The standard InChI is InChI=1S/C9H16O6/c1-4-5(10)6(13-2)7(8(11)12)15-9(4)14-3/h4-7,9-10H,1-3H3,(H,11,12)/p-1. The summed E-state index contributed by atoms with van der Waals surface area (Å²) < 4.78 is 14.9. The van der Waals surface area contributed by atoms with Gasteiger partial charge in [-0.25, -0.2) is 0 Å². The molecule has 0 aliphatic carbocycles. The number of hydrogen-bond acceptors (Lipinski definition) is 6. The Balaban J connectivity index is 2.84. The molecule has 1 fully saturated rings. The van der Waals surface area contributed by atoms with Crippen molar-refractivity contribution >= 4 is 5.97 Å². The molecule has 6 nitrogen and oxygen atoms in total. The van der Waals surface area contributed by atoms with Crippen molar-refractivity contribution in [1.82, 2.24) is 0 Å². The number of carbonyl (C=O) groups is 1. The average molecular weight is 219 g/mol. The first kappa shape index (κ1) is 12.4. The molecular weight excluding hydrogens is 204 g/mol. The van der Waals surface area contributed by atoms with Gasteiger partial charge >= 0.3 is 0 Å². The maximum absolute atomic E-state index is 10.8. The number of aliphatic hydroxyl groups is 1. The second kappa shape index (κ2) is 4.89. The molecule has 0 aromatic rings. The van der Waals surface area contributed by atoms with Crippen molar-refractivity contribution in [3.8, 4) is 0 Å². The van der Waals surface area contributed by atoms with Crippen LogP contribution in [-0.2, 0) is 19.0 Å². The zero-order chi connectivity index (χ0) is 11.6. The lowest BCUT2D eigenvalue weighted by Crippen LogP contribution is -2.60. The van der Waals surface area contributed by atoms with E-state index in [4.69, 9.17) is 14.2 Å². The number of hydrogen-bond donors (Lipinski definition) is 1. The van der Waals surface area contributed by atoms with Gasteiger partial charge in [-0.05, 0) is 0 Å². The third-order valence-corrected chi connectivity index (χ3v) is 2.62. The smallest absolute Gasteiger partial charge is 0.163 e. The predicted octanol–water partition coefficient (Wildman–Crippen LogP) is -1.88. The van der Waals surface area contributed by atoms with E-state index in [0.29, 0.717) is 0 Å². The summed E-state index contributed by atoms with van der Waals surface area (Å²) in [6.45, 7) is 1.69. The van der Waals surface area contributed by atoms with E-state index in [1.807, 2.05) is 0 Å². The van der Waals surface area contributed by atoms with Crippen LogP contribution in [0, 0.1) is 5.92 Å². The van der Waals surface area contributed by atoms with Crippen LogP contribution in [0.2, 0.25) is 0 Å². The molecule has 1 N–H and O–H groups in total. The van der Waals surface area contributed by atoms with Crippen molar-refractivity contribution in [2.45, 2.75) is 31.5 Å². The molecule has 1 aliphatic rings. The first-order valence-corrected chi connectivity index (χ1v) is 4.63. The minimum Gasteiger partial charge on any atom is -0.547 e. The van der Waals surface area contributed by atoms with E-state index in [1.54, 1.807) is 6.92 Å². The van der Waals surface area contributed by atoms with Crippen LogP contribution in [-0.4, -0.2) is 49.9 Å². The largest absolute Gasteiger partial charge is 0.547 e. The van der Waals surface area contributed by atoms with E-state index >= 15 is 0 Å². The molecule has 0 radical (unpaired) electrons. The van der Waals surface area contributed by atoms with Crippen LogP contribution in [0.5, 0.6) is 0 Å². The lowest BCUT2D eigenvalue weighted by atomic mass is 9.92. The van der Waals surface area contributed by atoms with Crippen LogP contribution < -0.4 is 5.11 Å². The van der Waals surface area contributed by atoms with Crippen molar-refractivity contribution in [2.75, 3.05) is 14.2 Å². The van der Waals surface area contributed by atoms with Gasteiger partial charge in [-0.3, -0.25) is 0 Å². The maximum Gasteiger partial charge on any atom is 0.163 e. The highest BCUT2D eigenvalue weighted by Gasteiger charge is 2.44. The first-order valence-electron chi connectivity index (χ1n) is 4.63. The van der Waals surface area contributed by atoms with Gasteiger partial charge in [0.1, 0.15) is 12.2 Å². The summed E-state index contributed by atoms with van der Waals surface area (Å²) >= 11 is 0. The van der Waals surface area contributed by atoms with Crippen LogP contribution in [0.3, 0.4) is 0 Å². The lowest BCUT2D eigenvalue weighted by molar-refractivity contribution is -0.344. The molecule has 88 valence electrons. The molecule has 1 aliphatic heterocycles. The van der Waals surface area contributed by atoms with Crippen LogP contribution in [0.1, 0.15) is 6.92 Å². The van der Waals surface area contributed by atoms with Gasteiger partial charge in [0.15, 0.2) is 6.29 Å². The van der Waals surface area contributed by atoms with E-state index in [9.17, 15) is 15.0 Å². The normalized spacial score (nSPS) is 41.5. The van der Waals surface area contributed by atoms with Gasteiger partial charge in [0, 0.05) is 20.1 Å². The highest BCUT2D eigenvalue weighted by molar-refractivity contribution is 5.71. The quantitative estimate of drug-likeness (QED) is 0.597. The summed E-state index contributed by atoms with van der Waals surface area (Å²) in [5.41, 5.74) is 0. The average Bonchev–Trinajstić information content (AvgIpc) is 2.21. The summed E-state index contributed by atoms with van der Waals surface area (Å²) in [4.78, 5) is 10.8. The zero-order valence-corrected chi connectivity index (χ0v) is 8.88. The Kier molecular flexibility index (Phi) is 4.04. The molecule has 0 saturated carbocycles. The molecule has 0 spiro atoms. The Morgan fingerprint density at radius 3 is 2.40 bits per heavy atom. The molecule has 1 saturated heterocycles. The molecule has 5 unspecified atom stereocenters. The number of carboxylic acids is 1. The molecule has 5 atom stereocenters. The number of rotatable bonds is 3. The molecule has 1 rings (SSSR count). The Morgan fingerprint density at radius 2 is 2.00 bits per heavy atom. The Labute approximate surface area is 87.7 Å². The topological polar surface area (TPSA) is 88.1 Å². The third-order valence-electron chi connectivity index (χ3n) is 2.62. The predicted molar refractivity (Wildman–Crippen MR) is 46.6 cm³/mol. The second-order valence-corrected chi connectivity index (χ2v) is 3.53. The minimum absolute atomic E-state index is 0.365. The Bertz CT molecular complexity index is 231. The lowest BCUT2D eigenvalue weighted by Gasteiger charge is -2.42. The fourth-order valence-corrected chi connectivity index (χ4v) is 1.71. The molecule has 6 heteroatoms. The van der Waals surface area contributed by atoms with Gasteiger partial charge < -0.3 is 29.2 Å². The summed E-state index contributed by atoms with van der Waals surface area (Å²) in [5, 5.41) is 20.5. The number of ether oxygens (including phenoxy) is 3. The number of methoxy groups -OCH3 is 2. The molecule has 0 aromatic carbocycles. The molecule has 15 heavy (non-hydrogen) atoms. The van der Waals surface area contributed by atoms with Crippen LogP contribution in [0.25, 0.3) is 0 Å². The number of aliphatic hydroxyl groups excluding tert-OH is 1. The number of aliphatic carboxylic acids is 1. The van der Waals surface area contributed by atoms with E-state index in [2.05, 4.69) is 0 Å². The maximum atomic E-state index is 10.8. The monoisotopic (exact) mass is 219 g/mol. The van der Waals surface area contributed by atoms with E-state index in [-0.39, 0.29) is 5.92 Å². The third kappa shape index (κ3) is 2.28. The van der Waals surface area contributed by atoms with E-state index < -0.39 is 30.6 Å². The first-order chi connectivity index (χ1) is 7.02. The summed E-state index contributed by atoms with van der Waals surface area (Å²) in [6, 6.07) is 0. The van der Waals surface area contributed by atoms with E-state index in [1.165, 1.54) is 14.2 Å². The highest BCUT2D eigenvalue weighted by Crippen LogP contribution is 2.27. The van der Waals surface area contributed by atoms with Gasteiger partial charge in [0.2, 0.25) is 0 Å². The number of carbonyl (C=O) groups excluding carboxylic acids is 1. The van der Waals surface area contributed by atoms with Gasteiger partial charge in [0.05, 0.1) is 12.1 Å². The van der Waals surface area contributed by atoms with Crippen molar-refractivity contribution in [3.05, 3.63) is 0 Å².